The molecule has 0 bridgehead atoms. The topological polar surface area (TPSA) is 56.0 Å². The van der Waals surface area contributed by atoms with Crippen molar-refractivity contribution in [2.24, 2.45) is 0 Å². The first-order valence-corrected chi connectivity index (χ1v) is 5.66. The molecule has 0 aromatic heterocycles. The SMILES string of the molecule is CCCC(O)CNc1ccc(C#N)c(Cl)c1. The molecular formula is C12H15ClN2O. The van der Waals surface area contributed by atoms with Crippen LogP contribution in [0.2, 0.25) is 5.02 Å². The predicted octanol–water partition coefficient (Wildman–Crippen LogP) is 2.78. The van der Waals surface area contributed by atoms with Crippen molar-refractivity contribution < 1.29 is 5.11 Å². The molecule has 1 rings (SSSR count). The Bertz CT molecular complexity index is 387. The van der Waals surface area contributed by atoms with Crippen LogP contribution in [-0.4, -0.2) is 17.8 Å². The molecule has 0 radical (unpaired) electrons. The minimum absolute atomic E-state index is 0.348. The standard InChI is InChI=1S/C12H15ClN2O/c1-2-3-11(16)8-15-10-5-4-9(7-14)12(13)6-10/h4-6,11,15-16H,2-3,8H2,1H3. The van der Waals surface area contributed by atoms with Crippen molar-refractivity contribution in [1.29, 1.82) is 5.26 Å². The fraction of sp³-hybridized carbons (Fsp3) is 0.417. The maximum Gasteiger partial charge on any atom is 0.101 e. The third-order valence-electron chi connectivity index (χ3n) is 2.25. The van der Waals surface area contributed by atoms with Crippen LogP contribution in [0, 0.1) is 11.3 Å². The Morgan fingerprint density at radius 2 is 2.31 bits per heavy atom. The van der Waals surface area contributed by atoms with Gasteiger partial charge in [0.05, 0.1) is 16.7 Å². The van der Waals surface area contributed by atoms with E-state index in [0.717, 1.165) is 18.5 Å². The molecule has 2 N–H and O–H groups in total. The van der Waals surface area contributed by atoms with E-state index < -0.39 is 0 Å². The molecule has 0 aliphatic heterocycles. The van der Waals surface area contributed by atoms with Gasteiger partial charge in [0.2, 0.25) is 0 Å². The van der Waals surface area contributed by atoms with Crippen molar-refractivity contribution in [1.82, 2.24) is 0 Å². The first-order valence-electron chi connectivity index (χ1n) is 5.29. The van der Waals surface area contributed by atoms with Gasteiger partial charge in [-0.05, 0) is 24.6 Å². The zero-order valence-corrected chi connectivity index (χ0v) is 9.96. The highest BCUT2D eigenvalue weighted by Crippen LogP contribution is 2.20. The molecule has 16 heavy (non-hydrogen) atoms. The molecule has 86 valence electrons. The number of halogens is 1. The number of nitriles is 1. The van der Waals surface area contributed by atoms with Crippen LogP contribution in [0.1, 0.15) is 25.3 Å². The van der Waals surface area contributed by atoms with E-state index in [1.54, 1.807) is 18.2 Å². The van der Waals surface area contributed by atoms with Crippen molar-refractivity contribution in [2.75, 3.05) is 11.9 Å². The molecule has 0 aliphatic rings. The Kier molecular flexibility index (Phi) is 5.10. The monoisotopic (exact) mass is 238 g/mol. The summed E-state index contributed by atoms with van der Waals surface area (Å²) < 4.78 is 0. The van der Waals surface area contributed by atoms with E-state index >= 15 is 0 Å². The second-order valence-corrected chi connectivity index (χ2v) is 4.04. The van der Waals surface area contributed by atoms with E-state index in [4.69, 9.17) is 16.9 Å². The maximum absolute atomic E-state index is 9.53. The predicted molar refractivity (Wildman–Crippen MR) is 65.6 cm³/mol. The molecule has 0 aliphatic carbocycles. The fourth-order valence-corrected chi connectivity index (χ4v) is 1.61. The average Bonchev–Trinajstić information content (AvgIpc) is 2.27. The van der Waals surface area contributed by atoms with Crippen molar-refractivity contribution in [3.05, 3.63) is 28.8 Å². The van der Waals surface area contributed by atoms with E-state index in [1.807, 2.05) is 13.0 Å². The second-order valence-electron chi connectivity index (χ2n) is 3.63. The molecule has 0 heterocycles. The van der Waals surface area contributed by atoms with Crippen LogP contribution in [0.3, 0.4) is 0 Å². The van der Waals surface area contributed by atoms with Crippen LogP contribution in [0.25, 0.3) is 0 Å². The number of rotatable bonds is 5. The Balaban J connectivity index is 2.56. The van der Waals surface area contributed by atoms with Gasteiger partial charge in [-0.1, -0.05) is 24.9 Å². The summed E-state index contributed by atoms with van der Waals surface area (Å²) in [6.07, 6.45) is 1.38. The molecule has 0 amide bonds. The van der Waals surface area contributed by atoms with Gasteiger partial charge >= 0.3 is 0 Å². The van der Waals surface area contributed by atoms with Crippen LogP contribution in [0.15, 0.2) is 18.2 Å². The van der Waals surface area contributed by atoms with Crippen LogP contribution in [0.4, 0.5) is 5.69 Å². The van der Waals surface area contributed by atoms with Gasteiger partial charge < -0.3 is 10.4 Å². The Morgan fingerprint density at radius 3 is 2.88 bits per heavy atom. The lowest BCUT2D eigenvalue weighted by atomic mass is 10.2. The summed E-state index contributed by atoms with van der Waals surface area (Å²) >= 11 is 5.88. The van der Waals surface area contributed by atoms with Crippen molar-refractivity contribution in [2.45, 2.75) is 25.9 Å². The third-order valence-corrected chi connectivity index (χ3v) is 2.57. The summed E-state index contributed by atoms with van der Waals surface area (Å²) in [6.45, 7) is 2.53. The maximum atomic E-state index is 9.53. The van der Waals surface area contributed by atoms with E-state index in [0.29, 0.717) is 17.1 Å². The molecule has 0 fully saturated rings. The highest BCUT2D eigenvalue weighted by molar-refractivity contribution is 6.32. The van der Waals surface area contributed by atoms with Gasteiger partial charge in [0.15, 0.2) is 0 Å². The lowest BCUT2D eigenvalue weighted by Crippen LogP contribution is -2.18. The summed E-state index contributed by atoms with van der Waals surface area (Å²) in [5, 5.41) is 21.7. The number of hydrogen-bond acceptors (Lipinski definition) is 3. The molecule has 1 aromatic rings. The van der Waals surface area contributed by atoms with Gasteiger partial charge in [-0.15, -0.1) is 0 Å². The lowest BCUT2D eigenvalue weighted by Gasteiger charge is -2.12. The van der Waals surface area contributed by atoms with Crippen LogP contribution in [0.5, 0.6) is 0 Å². The van der Waals surface area contributed by atoms with Crippen LogP contribution < -0.4 is 5.32 Å². The van der Waals surface area contributed by atoms with Crippen LogP contribution in [-0.2, 0) is 0 Å². The molecule has 0 saturated heterocycles. The average molecular weight is 239 g/mol. The van der Waals surface area contributed by atoms with E-state index in [2.05, 4.69) is 5.32 Å². The Hall–Kier alpha value is -1.24. The molecular weight excluding hydrogens is 224 g/mol. The van der Waals surface area contributed by atoms with E-state index in [1.165, 1.54) is 0 Å². The molecule has 1 unspecified atom stereocenters. The number of hydrogen-bond donors (Lipinski definition) is 2. The van der Waals surface area contributed by atoms with Crippen LogP contribution >= 0.6 is 11.6 Å². The number of anilines is 1. The smallest absolute Gasteiger partial charge is 0.101 e. The van der Waals surface area contributed by atoms with Crippen molar-refractivity contribution >= 4 is 17.3 Å². The van der Waals surface area contributed by atoms with Gasteiger partial charge in [0.25, 0.3) is 0 Å². The summed E-state index contributed by atoms with van der Waals surface area (Å²) in [6, 6.07) is 7.14. The highest BCUT2D eigenvalue weighted by atomic mass is 35.5. The molecule has 4 heteroatoms. The lowest BCUT2D eigenvalue weighted by molar-refractivity contribution is 0.176. The molecule has 3 nitrogen and oxygen atoms in total. The number of aliphatic hydroxyl groups is 1. The minimum atomic E-state index is -0.348. The van der Waals surface area contributed by atoms with Gasteiger partial charge in [-0.2, -0.15) is 5.26 Å². The molecule has 0 spiro atoms. The van der Waals surface area contributed by atoms with Gasteiger partial charge in [0, 0.05) is 12.2 Å². The molecule has 1 atom stereocenters. The number of benzene rings is 1. The summed E-state index contributed by atoms with van der Waals surface area (Å²) in [5.74, 6) is 0. The van der Waals surface area contributed by atoms with E-state index in [9.17, 15) is 5.11 Å². The summed E-state index contributed by atoms with van der Waals surface area (Å²) in [4.78, 5) is 0. The zero-order chi connectivity index (χ0) is 12.0. The minimum Gasteiger partial charge on any atom is -0.391 e. The molecule has 0 saturated carbocycles. The second kappa shape index (κ2) is 6.37. The summed E-state index contributed by atoms with van der Waals surface area (Å²) in [5.41, 5.74) is 1.28. The Morgan fingerprint density at radius 1 is 1.56 bits per heavy atom. The quantitative estimate of drug-likeness (QED) is 0.830. The van der Waals surface area contributed by atoms with Gasteiger partial charge in [-0.3, -0.25) is 0 Å². The fourth-order valence-electron chi connectivity index (χ4n) is 1.39. The third kappa shape index (κ3) is 3.73. The largest absolute Gasteiger partial charge is 0.391 e. The normalized spacial score (nSPS) is 11.9. The summed E-state index contributed by atoms with van der Waals surface area (Å²) in [7, 11) is 0. The number of aliphatic hydroxyl groups excluding tert-OH is 1. The number of nitrogens with one attached hydrogen (secondary N) is 1. The molecule has 1 aromatic carbocycles. The van der Waals surface area contributed by atoms with Gasteiger partial charge in [-0.25, -0.2) is 0 Å². The van der Waals surface area contributed by atoms with E-state index in [-0.39, 0.29) is 6.10 Å². The first-order chi connectivity index (χ1) is 7.67. The zero-order valence-electron chi connectivity index (χ0n) is 9.20. The van der Waals surface area contributed by atoms with Crippen molar-refractivity contribution in [3.8, 4) is 6.07 Å². The number of nitrogens with zero attached hydrogens (tertiary/aromatic N) is 1. The highest BCUT2D eigenvalue weighted by Gasteiger charge is 2.04. The first kappa shape index (κ1) is 12.8. The van der Waals surface area contributed by atoms with Crippen molar-refractivity contribution in [3.63, 3.8) is 0 Å². The Labute approximate surface area is 101 Å². The van der Waals surface area contributed by atoms with Gasteiger partial charge in [0.1, 0.15) is 6.07 Å².